The summed E-state index contributed by atoms with van der Waals surface area (Å²) in [5.41, 5.74) is 2.11. The van der Waals surface area contributed by atoms with Gasteiger partial charge in [-0.15, -0.1) is 0 Å². The minimum Gasteiger partial charge on any atom is -0.493 e. The summed E-state index contributed by atoms with van der Waals surface area (Å²) >= 11 is 0. The normalized spacial score (nSPS) is 14.6. The highest BCUT2D eigenvalue weighted by Crippen LogP contribution is 2.29. The van der Waals surface area contributed by atoms with E-state index in [1.165, 1.54) is 20.3 Å². The molecule has 1 N–H and O–H groups in total. The average molecular weight is 414 g/mol. The van der Waals surface area contributed by atoms with Crippen molar-refractivity contribution < 1.29 is 28.5 Å². The van der Waals surface area contributed by atoms with Gasteiger partial charge in [0.15, 0.2) is 17.6 Å². The second-order valence-electron chi connectivity index (χ2n) is 6.75. The average Bonchev–Trinajstić information content (AvgIpc) is 2.79. The fourth-order valence-corrected chi connectivity index (χ4v) is 3.07. The number of methoxy groups -OCH3 is 2. The van der Waals surface area contributed by atoms with Crippen molar-refractivity contribution in [2.45, 2.75) is 13.0 Å². The first-order valence-electron chi connectivity index (χ1n) is 9.68. The van der Waals surface area contributed by atoms with E-state index in [0.717, 1.165) is 32.0 Å². The maximum Gasteiger partial charge on any atom is 0.337 e. The number of carbonyl (C=O) groups excluding carboxylic acids is 2. The molecule has 1 heterocycles. The molecule has 0 saturated carbocycles. The van der Waals surface area contributed by atoms with Crippen molar-refractivity contribution in [3.05, 3.63) is 48.0 Å². The van der Waals surface area contributed by atoms with Crippen molar-refractivity contribution >= 4 is 23.3 Å². The van der Waals surface area contributed by atoms with E-state index in [4.69, 9.17) is 18.9 Å². The van der Waals surface area contributed by atoms with Crippen molar-refractivity contribution in [1.29, 1.82) is 0 Å². The SMILES string of the molecule is COC(=O)c1ccc(O[C@H](C)C(=O)Nc2ccc(N3CCOCC3)cc2)c(OC)c1. The van der Waals surface area contributed by atoms with E-state index in [1.807, 2.05) is 24.3 Å². The number of esters is 1. The van der Waals surface area contributed by atoms with Crippen LogP contribution < -0.4 is 19.7 Å². The number of nitrogens with one attached hydrogen (secondary N) is 1. The van der Waals surface area contributed by atoms with Gasteiger partial charge in [-0.3, -0.25) is 4.79 Å². The second-order valence-corrected chi connectivity index (χ2v) is 6.75. The molecular formula is C22H26N2O6. The number of ether oxygens (including phenoxy) is 4. The molecule has 1 aliphatic heterocycles. The van der Waals surface area contributed by atoms with Gasteiger partial charge in [0.25, 0.3) is 5.91 Å². The van der Waals surface area contributed by atoms with E-state index in [2.05, 4.69) is 10.2 Å². The van der Waals surface area contributed by atoms with Gasteiger partial charge >= 0.3 is 5.97 Å². The van der Waals surface area contributed by atoms with E-state index in [9.17, 15) is 9.59 Å². The Hall–Kier alpha value is -3.26. The summed E-state index contributed by atoms with van der Waals surface area (Å²) < 4.78 is 21.1. The van der Waals surface area contributed by atoms with Gasteiger partial charge in [0, 0.05) is 24.5 Å². The Morgan fingerprint density at radius 1 is 1.03 bits per heavy atom. The van der Waals surface area contributed by atoms with Crippen LogP contribution in [0.2, 0.25) is 0 Å². The highest BCUT2D eigenvalue weighted by Gasteiger charge is 2.19. The third-order valence-electron chi connectivity index (χ3n) is 4.77. The molecule has 0 unspecified atom stereocenters. The van der Waals surface area contributed by atoms with E-state index >= 15 is 0 Å². The summed E-state index contributed by atoms with van der Waals surface area (Å²) in [7, 11) is 2.77. The number of hydrogen-bond acceptors (Lipinski definition) is 7. The largest absolute Gasteiger partial charge is 0.493 e. The van der Waals surface area contributed by atoms with Crippen LogP contribution in [0.25, 0.3) is 0 Å². The first kappa shape index (κ1) is 21.4. The Morgan fingerprint density at radius 3 is 2.37 bits per heavy atom. The number of anilines is 2. The molecule has 0 spiro atoms. The fourth-order valence-electron chi connectivity index (χ4n) is 3.07. The number of nitrogens with zero attached hydrogens (tertiary/aromatic N) is 1. The summed E-state index contributed by atoms with van der Waals surface area (Å²) in [6, 6.07) is 12.3. The lowest BCUT2D eigenvalue weighted by atomic mass is 10.2. The predicted octanol–water partition coefficient (Wildman–Crippen LogP) is 2.72. The molecule has 30 heavy (non-hydrogen) atoms. The molecule has 3 rings (SSSR count). The van der Waals surface area contributed by atoms with Crippen LogP contribution in [0.15, 0.2) is 42.5 Å². The van der Waals surface area contributed by atoms with Gasteiger partial charge in [0.1, 0.15) is 0 Å². The van der Waals surface area contributed by atoms with Gasteiger partial charge in [-0.2, -0.15) is 0 Å². The highest BCUT2D eigenvalue weighted by molar-refractivity contribution is 5.94. The third kappa shape index (κ3) is 5.21. The molecule has 1 atom stereocenters. The summed E-state index contributed by atoms with van der Waals surface area (Å²) in [4.78, 5) is 26.4. The lowest BCUT2D eigenvalue weighted by molar-refractivity contribution is -0.122. The molecule has 0 aliphatic carbocycles. The summed E-state index contributed by atoms with van der Waals surface area (Å²) in [5, 5.41) is 2.85. The first-order chi connectivity index (χ1) is 14.5. The number of benzene rings is 2. The molecule has 1 amide bonds. The van der Waals surface area contributed by atoms with Gasteiger partial charge < -0.3 is 29.2 Å². The zero-order chi connectivity index (χ0) is 21.5. The Morgan fingerprint density at radius 2 is 1.73 bits per heavy atom. The van der Waals surface area contributed by atoms with Crippen molar-refractivity contribution in [2.24, 2.45) is 0 Å². The van der Waals surface area contributed by atoms with E-state index in [1.54, 1.807) is 19.1 Å². The summed E-state index contributed by atoms with van der Waals surface area (Å²) in [5.74, 6) is -0.0812. The van der Waals surface area contributed by atoms with Crippen LogP contribution in [0.5, 0.6) is 11.5 Å². The zero-order valence-electron chi connectivity index (χ0n) is 17.3. The van der Waals surface area contributed by atoms with Gasteiger partial charge in [-0.05, 0) is 49.4 Å². The van der Waals surface area contributed by atoms with Crippen LogP contribution in [-0.4, -0.2) is 58.5 Å². The van der Waals surface area contributed by atoms with Crippen LogP contribution in [0, 0.1) is 0 Å². The molecule has 1 saturated heterocycles. The van der Waals surface area contributed by atoms with Gasteiger partial charge in [0.2, 0.25) is 0 Å². The standard InChI is InChI=1S/C22H26N2O6/c1-15(30-19-9-4-16(22(26)28-3)14-20(19)27-2)21(25)23-17-5-7-18(8-6-17)24-10-12-29-13-11-24/h4-9,14-15H,10-13H2,1-3H3,(H,23,25)/t15-/m1/s1. The number of carbonyl (C=O) groups is 2. The fraction of sp³-hybridized carbons (Fsp3) is 0.364. The molecule has 1 fully saturated rings. The van der Waals surface area contributed by atoms with Crippen LogP contribution in [0.4, 0.5) is 11.4 Å². The molecule has 160 valence electrons. The zero-order valence-corrected chi connectivity index (χ0v) is 17.3. The van der Waals surface area contributed by atoms with Crippen molar-refractivity contribution in [2.75, 3.05) is 50.7 Å². The molecular weight excluding hydrogens is 388 g/mol. The third-order valence-corrected chi connectivity index (χ3v) is 4.77. The Balaban J connectivity index is 1.61. The van der Waals surface area contributed by atoms with Gasteiger partial charge in [-0.1, -0.05) is 0 Å². The number of morpholine rings is 1. The predicted molar refractivity (Wildman–Crippen MR) is 113 cm³/mol. The van der Waals surface area contributed by atoms with Crippen LogP contribution in [0.1, 0.15) is 17.3 Å². The second kappa shape index (κ2) is 9.98. The van der Waals surface area contributed by atoms with Crippen molar-refractivity contribution in [3.8, 4) is 11.5 Å². The molecule has 0 radical (unpaired) electrons. The lowest BCUT2D eigenvalue weighted by Crippen LogP contribution is -2.36. The minimum absolute atomic E-state index is 0.298. The summed E-state index contributed by atoms with van der Waals surface area (Å²) in [6.07, 6.45) is -0.776. The van der Waals surface area contributed by atoms with Crippen molar-refractivity contribution in [3.63, 3.8) is 0 Å². The van der Waals surface area contributed by atoms with E-state index in [0.29, 0.717) is 22.7 Å². The minimum atomic E-state index is -0.776. The Kier molecular flexibility index (Phi) is 7.13. The molecule has 0 aromatic heterocycles. The maximum atomic E-state index is 12.5. The van der Waals surface area contributed by atoms with Crippen LogP contribution in [-0.2, 0) is 14.3 Å². The highest BCUT2D eigenvalue weighted by atomic mass is 16.5. The van der Waals surface area contributed by atoms with Gasteiger partial charge in [-0.25, -0.2) is 4.79 Å². The maximum absolute atomic E-state index is 12.5. The van der Waals surface area contributed by atoms with E-state index in [-0.39, 0.29) is 5.91 Å². The molecule has 1 aliphatic rings. The lowest BCUT2D eigenvalue weighted by Gasteiger charge is -2.29. The molecule has 8 heteroatoms. The molecule has 2 aromatic carbocycles. The molecule has 2 aromatic rings. The Bertz CT molecular complexity index is 878. The number of hydrogen-bond donors (Lipinski definition) is 1. The van der Waals surface area contributed by atoms with Crippen LogP contribution in [0.3, 0.4) is 0 Å². The number of rotatable bonds is 7. The number of amides is 1. The van der Waals surface area contributed by atoms with Crippen molar-refractivity contribution in [1.82, 2.24) is 0 Å². The first-order valence-corrected chi connectivity index (χ1v) is 9.68. The molecule has 0 bridgehead atoms. The van der Waals surface area contributed by atoms with Crippen LogP contribution >= 0.6 is 0 Å². The topological polar surface area (TPSA) is 86.3 Å². The summed E-state index contributed by atoms with van der Waals surface area (Å²) in [6.45, 7) is 4.79. The Labute approximate surface area is 175 Å². The smallest absolute Gasteiger partial charge is 0.337 e. The molecule has 8 nitrogen and oxygen atoms in total. The quantitative estimate of drug-likeness (QED) is 0.697. The van der Waals surface area contributed by atoms with E-state index < -0.39 is 12.1 Å². The monoisotopic (exact) mass is 414 g/mol. The van der Waals surface area contributed by atoms with Gasteiger partial charge in [0.05, 0.1) is 33.0 Å².